The first kappa shape index (κ1) is 22.1. The van der Waals surface area contributed by atoms with Gasteiger partial charge in [-0.15, -0.1) is 0 Å². The number of hydrogen-bond donors (Lipinski definition) is 2. The molecule has 0 spiro atoms. The number of carbonyl (C=O) groups is 2. The van der Waals surface area contributed by atoms with Crippen LogP contribution in [0.2, 0.25) is 0 Å². The summed E-state index contributed by atoms with van der Waals surface area (Å²) in [5.41, 5.74) is 7.63. The zero-order chi connectivity index (χ0) is 23.8. The third kappa shape index (κ3) is 4.59. The lowest BCUT2D eigenvalue weighted by atomic mass is 10.0. The summed E-state index contributed by atoms with van der Waals surface area (Å²) in [6.07, 6.45) is -5.55. The molecule has 0 fully saturated rings. The van der Waals surface area contributed by atoms with Crippen LogP contribution < -0.4 is 10.6 Å². The van der Waals surface area contributed by atoms with Gasteiger partial charge >= 0.3 is 12.3 Å². The molecule has 2 heterocycles. The quantitative estimate of drug-likeness (QED) is 0.605. The third-order valence-electron chi connectivity index (χ3n) is 5.40. The Bertz CT molecular complexity index is 1210. The summed E-state index contributed by atoms with van der Waals surface area (Å²) < 4.78 is 38.9. The van der Waals surface area contributed by atoms with Crippen LogP contribution in [0.3, 0.4) is 0 Å². The molecule has 1 aliphatic rings. The molecular formula is C23H19F3N4O3. The molecule has 0 aliphatic carbocycles. The van der Waals surface area contributed by atoms with Crippen molar-refractivity contribution in [3.63, 3.8) is 0 Å². The second kappa shape index (κ2) is 8.45. The van der Waals surface area contributed by atoms with E-state index in [2.05, 4.69) is 4.98 Å². The zero-order valence-corrected chi connectivity index (χ0v) is 17.2. The smallest absolute Gasteiger partial charge is 0.416 e. The van der Waals surface area contributed by atoms with Crippen LogP contribution in [0.5, 0.6) is 0 Å². The van der Waals surface area contributed by atoms with Crippen LogP contribution in [0.15, 0.2) is 60.7 Å². The van der Waals surface area contributed by atoms with Gasteiger partial charge in [0.2, 0.25) is 0 Å². The first-order valence-corrected chi connectivity index (χ1v) is 9.96. The first-order valence-electron chi connectivity index (χ1n) is 9.96. The molecule has 1 aromatic heterocycles. The molecule has 1 aliphatic heterocycles. The number of carbonyl (C=O) groups excluding carboxylic acids is 1. The van der Waals surface area contributed by atoms with Gasteiger partial charge in [-0.25, -0.2) is 9.78 Å². The number of alkyl halides is 3. The maximum Gasteiger partial charge on any atom is 0.416 e. The molecule has 0 bridgehead atoms. The van der Waals surface area contributed by atoms with Gasteiger partial charge in [-0.2, -0.15) is 13.2 Å². The van der Waals surface area contributed by atoms with Gasteiger partial charge in [0.05, 0.1) is 17.8 Å². The van der Waals surface area contributed by atoms with Crippen molar-refractivity contribution in [1.29, 1.82) is 0 Å². The predicted molar refractivity (Wildman–Crippen MR) is 115 cm³/mol. The van der Waals surface area contributed by atoms with Crippen LogP contribution in [0.1, 0.15) is 21.6 Å². The van der Waals surface area contributed by atoms with E-state index in [0.29, 0.717) is 28.2 Å². The number of aromatic nitrogens is 1. The molecular weight excluding hydrogens is 437 g/mol. The van der Waals surface area contributed by atoms with Crippen molar-refractivity contribution in [3.05, 3.63) is 77.5 Å². The van der Waals surface area contributed by atoms with Crippen LogP contribution in [0, 0.1) is 0 Å². The maximum atomic E-state index is 13.0. The number of nitrogens with zero attached hydrogens (tertiary/aromatic N) is 3. The number of nitrogens with two attached hydrogens (primary N) is 1. The fourth-order valence-corrected chi connectivity index (χ4v) is 3.76. The highest BCUT2D eigenvalue weighted by atomic mass is 19.4. The topological polar surface area (TPSA) is 99.8 Å². The van der Waals surface area contributed by atoms with Gasteiger partial charge in [-0.3, -0.25) is 4.79 Å². The average Bonchev–Trinajstić information content (AvgIpc) is 2.98. The molecule has 170 valence electrons. The van der Waals surface area contributed by atoms with Crippen LogP contribution in [0.25, 0.3) is 11.3 Å². The number of halogens is 3. The number of benzene rings is 2. The van der Waals surface area contributed by atoms with E-state index < -0.39 is 23.7 Å². The number of hydrogen-bond acceptors (Lipinski definition) is 4. The molecule has 3 aromatic rings. The average molecular weight is 456 g/mol. The van der Waals surface area contributed by atoms with Crippen LogP contribution in [-0.4, -0.2) is 40.1 Å². The number of anilines is 2. The van der Waals surface area contributed by atoms with E-state index in [1.165, 1.54) is 23.1 Å². The Morgan fingerprint density at radius 2 is 1.73 bits per heavy atom. The maximum absolute atomic E-state index is 13.0. The second-order valence-corrected chi connectivity index (χ2v) is 7.52. The number of rotatable bonds is 3. The van der Waals surface area contributed by atoms with E-state index in [1.54, 1.807) is 35.2 Å². The molecule has 4 rings (SSSR count). The van der Waals surface area contributed by atoms with Crippen molar-refractivity contribution >= 4 is 23.4 Å². The summed E-state index contributed by atoms with van der Waals surface area (Å²) in [6, 6.07) is 14.9. The fraction of sp³-hybridized carbons (Fsp3) is 0.174. The van der Waals surface area contributed by atoms with Crippen molar-refractivity contribution < 1.29 is 27.9 Å². The predicted octanol–water partition coefficient (Wildman–Crippen LogP) is 4.50. The number of pyridine rings is 1. The normalized spacial score (nSPS) is 13.9. The summed E-state index contributed by atoms with van der Waals surface area (Å²) in [4.78, 5) is 30.5. The summed E-state index contributed by atoms with van der Waals surface area (Å²) in [5.74, 6) is -0.669. The molecule has 33 heavy (non-hydrogen) atoms. The standard InChI is InChI=1S/C23H19F3N4O3/c24-23(25,26)16-5-7-17(8-6-16)30-11-10-29(22(32)33)13-15-12-14(4-9-20(15)30)18-2-1-3-19(28-18)21(27)31/h1-9,12H,10-11,13H2,(H2,27,31)(H,32,33). The minimum Gasteiger partial charge on any atom is -0.465 e. The highest BCUT2D eigenvalue weighted by Gasteiger charge is 2.31. The van der Waals surface area contributed by atoms with Gasteiger partial charge in [0.1, 0.15) is 5.69 Å². The lowest BCUT2D eigenvalue weighted by Gasteiger charge is -2.25. The Hall–Kier alpha value is -4.08. The molecule has 10 heteroatoms. The van der Waals surface area contributed by atoms with Crippen LogP contribution >= 0.6 is 0 Å². The zero-order valence-electron chi connectivity index (χ0n) is 17.2. The highest BCUT2D eigenvalue weighted by Crippen LogP contribution is 2.36. The molecule has 0 unspecified atom stereocenters. The van der Waals surface area contributed by atoms with Crippen molar-refractivity contribution in [2.24, 2.45) is 5.73 Å². The highest BCUT2D eigenvalue weighted by molar-refractivity contribution is 5.91. The van der Waals surface area contributed by atoms with Crippen molar-refractivity contribution in [3.8, 4) is 11.3 Å². The Morgan fingerprint density at radius 1 is 1.00 bits per heavy atom. The largest absolute Gasteiger partial charge is 0.465 e. The molecule has 2 amide bonds. The molecule has 0 saturated carbocycles. The monoisotopic (exact) mass is 456 g/mol. The van der Waals surface area contributed by atoms with Crippen LogP contribution in [0.4, 0.5) is 29.3 Å². The number of amides is 2. The summed E-state index contributed by atoms with van der Waals surface area (Å²) in [6.45, 7) is 0.514. The molecule has 0 radical (unpaired) electrons. The van der Waals surface area contributed by atoms with Gasteiger partial charge in [0.25, 0.3) is 5.91 Å². The molecule has 0 saturated heterocycles. The van der Waals surface area contributed by atoms with Crippen molar-refractivity contribution in [1.82, 2.24) is 9.88 Å². The SMILES string of the molecule is NC(=O)c1cccc(-c2ccc3c(c2)CN(C(=O)O)CCN3c2ccc(C(F)(F)F)cc2)n1. The van der Waals surface area contributed by atoms with E-state index in [0.717, 1.165) is 12.1 Å². The summed E-state index contributed by atoms with van der Waals surface area (Å²) in [7, 11) is 0. The van der Waals surface area contributed by atoms with Gasteiger partial charge in [-0.1, -0.05) is 12.1 Å². The Labute approximate surface area is 186 Å². The third-order valence-corrected chi connectivity index (χ3v) is 5.40. The number of primary amides is 1. The molecule has 7 nitrogen and oxygen atoms in total. The van der Waals surface area contributed by atoms with Gasteiger partial charge in [-0.05, 0) is 54.1 Å². The van der Waals surface area contributed by atoms with E-state index in [4.69, 9.17) is 5.73 Å². The van der Waals surface area contributed by atoms with Crippen LogP contribution in [-0.2, 0) is 12.7 Å². The molecule has 2 aromatic carbocycles. The van der Waals surface area contributed by atoms with Gasteiger partial charge < -0.3 is 20.6 Å². The van der Waals surface area contributed by atoms with Gasteiger partial charge in [0.15, 0.2) is 0 Å². The lowest BCUT2D eigenvalue weighted by molar-refractivity contribution is -0.137. The Kier molecular flexibility index (Phi) is 5.67. The second-order valence-electron chi connectivity index (χ2n) is 7.52. The number of fused-ring (bicyclic) bond motifs is 1. The van der Waals surface area contributed by atoms with Gasteiger partial charge in [0, 0.05) is 30.0 Å². The Balaban J connectivity index is 1.77. The minimum atomic E-state index is -4.45. The Morgan fingerprint density at radius 3 is 2.36 bits per heavy atom. The van der Waals surface area contributed by atoms with E-state index in [1.807, 2.05) is 0 Å². The molecule has 3 N–H and O–H groups in total. The summed E-state index contributed by atoms with van der Waals surface area (Å²) in [5, 5.41) is 9.57. The first-order chi connectivity index (χ1) is 15.6. The van der Waals surface area contributed by atoms with E-state index in [-0.39, 0.29) is 25.3 Å². The molecule has 0 atom stereocenters. The summed E-state index contributed by atoms with van der Waals surface area (Å²) >= 11 is 0. The minimum absolute atomic E-state index is 0.0884. The fourth-order valence-electron chi connectivity index (χ4n) is 3.76. The number of carboxylic acid groups (broad SMARTS) is 1. The van der Waals surface area contributed by atoms with E-state index >= 15 is 0 Å². The van der Waals surface area contributed by atoms with Crippen molar-refractivity contribution in [2.75, 3.05) is 18.0 Å². The van der Waals surface area contributed by atoms with E-state index in [9.17, 15) is 27.9 Å². The van der Waals surface area contributed by atoms with Crippen molar-refractivity contribution in [2.45, 2.75) is 12.7 Å². The lowest BCUT2D eigenvalue weighted by Crippen LogP contribution is -2.32.